The minimum Gasteiger partial charge on any atom is -0.390 e. The fourth-order valence-corrected chi connectivity index (χ4v) is 1.56. The maximum absolute atomic E-state index is 9.48. The Bertz CT molecular complexity index is 123. The minimum absolute atomic E-state index is 0.0856. The molecule has 1 aliphatic heterocycles. The van der Waals surface area contributed by atoms with E-state index >= 15 is 0 Å². The third-order valence-corrected chi connectivity index (χ3v) is 2.40. The zero-order valence-corrected chi connectivity index (χ0v) is 7.58. The topological polar surface area (TPSA) is 29.5 Å². The van der Waals surface area contributed by atoms with Crippen molar-refractivity contribution < 1.29 is 9.84 Å². The molecule has 11 heavy (non-hydrogen) atoms. The van der Waals surface area contributed by atoms with E-state index in [0.717, 1.165) is 12.8 Å². The molecule has 3 unspecified atom stereocenters. The first-order valence-corrected chi connectivity index (χ1v) is 4.48. The summed E-state index contributed by atoms with van der Waals surface area (Å²) in [5.74, 6) is 0.529. The van der Waals surface area contributed by atoms with Gasteiger partial charge in [-0.25, -0.2) is 0 Å². The fraction of sp³-hybridized carbons (Fsp3) is 1.00. The molecule has 0 bridgehead atoms. The summed E-state index contributed by atoms with van der Waals surface area (Å²) in [4.78, 5) is 0. The van der Waals surface area contributed by atoms with E-state index in [0.29, 0.717) is 5.92 Å². The molecule has 0 aliphatic carbocycles. The molecule has 0 amide bonds. The Kier molecular flexibility index (Phi) is 2.90. The van der Waals surface area contributed by atoms with E-state index in [-0.39, 0.29) is 18.3 Å². The van der Waals surface area contributed by atoms with Gasteiger partial charge in [-0.05, 0) is 12.3 Å². The van der Waals surface area contributed by atoms with Crippen LogP contribution < -0.4 is 0 Å². The lowest BCUT2D eigenvalue weighted by Gasteiger charge is -2.14. The van der Waals surface area contributed by atoms with Gasteiger partial charge in [0.25, 0.3) is 0 Å². The van der Waals surface area contributed by atoms with E-state index in [2.05, 4.69) is 20.8 Å². The number of hydrogen-bond acceptors (Lipinski definition) is 2. The maximum Gasteiger partial charge on any atom is 0.0836 e. The molecule has 1 N–H and O–H groups in total. The first-order valence-electron chi connectivity index (χ1n) is 4.48. The van der Waals surface area contributed by atoms with Crippen LogP contribution in [0, 0.1) is 5.92 Å². The van der Waals surface area contributed by atoms with Crippen LogP contribution in [0.2, 0.25) is 0 Å². The van der Waals surface area contributed by atoms with Crippen molar-refractivity contribution in [3.63, 3.8) is 0 Å². The zero-order chi connectivity index (χ0) is 8.43. The molecule has 1 saturated heterocycles. The maximum atomic E-state index is 9.48. The molecule has 1 fully saturated rings. The summed E-state index contributed by atoms with van der Waals surface area (Å²) in [7, 11) is 0. The molecule has 1 aliphatic rings. The van der Waals surface area contributed by atoms with Gasteiger partial charge in [0.15, 0.2) is 0 Å². The number of hydrogen-bond donors (Lipinski definition) is 1. The number of aliphatic hydroxyl groups is 1. The molecule has 66 valence electrons. The van der Waals surface area contributed by atoms with Crippen molar-refractivity contribution in [2.75, 3.05) is 0 Å². The average Bonchev–Trinajstić information content (AvgIpc) is 2.31. The molecule has 0 spiro atoms. The zero-order valence-electron chi connectivity index (χ0n) is 7.58. The smallest absolute Gasteiger partial charge is 0.0836 e. The Morgan fingerprint density at radius 3 is 2.45 bits per heavy atom. The molecule has 0 saturated carbocycles. The van der Waals surface area contributed by atoms with Crippen molar-refractivity contribution in [2.45, 2.75) is 51.9 Å². The van der Waals surface area contributed by atoms with Gasteiger partial charge in [-0.1, -0.05) is 20.8 Å². The summed E-state index contributed by atoms with van der Waals surface area (Å²) in [6.45, 7) is 6.32. The van der Waals surface area contributed by atoms with Crippen molar-refractivity contribution in [1.82, 2.24) is 0 Å². The molecule has 2 heteroatoms. The molecular weight excluding hydrogens is 140 g/mol. The van der Waals surface area contributed by atoms with Crippen LogP contribution in [-0.4, -0.2) is 23.4 Å². The van der Waals surface area contributed by atoms with E-state index in [1.807, 2.05) is 0 Å². The second-order valence-electron chi connectivity index (χ2n) is 3.67. The third kappa shape index (κ3) is 1.94. The average molecular weight is 158 g/mol. The summed E-state index contributed by atoms with van der Waals surface area (Å²) in [5, 5.41) is 9.48. The summed E-state index contributed by atoms with van der Waals surface area (Å²) in [6, 6.07) is 0. The molecular formula is C9H18O2. The fourth-order valence-electron chi connectivity index (χ4n) is 1.56. The number of rotatable bonds is 2. The standard InChI is InChI=1S/C9H18O2/c1-4-8-7(10)5-9(11-8)6(2)3/h6-10H,4-5H2,1-3H3. The van der Waals surface area contributed by atoms with Gasteiger partial charge in [-0.3, -0.25) is 0 Å². The van der Waals surface area contributed by atoms with Crippen LogP contribution in [0.3, 0.4) is 0 Å². The molecule has 0 aromatic rings. The second kappa shape index (κ2) is 3.55. The Morgan fingerprint density at radius 1 is 1.55 bits per heavy atom. The molecule has 3 atom stereocenters. The van der Waals surface area contributed by atoms with Gasteiger partial charge in [-0.2, -0.15) is 0 Å². The first-order chi connectivity index (χ1) is 5.15. The lowest BCUT2D eigenvalue weighted by molar-refractivity contribution is -0.00693. The van der Waals surface area contributed by atoms with Gasteiger partial charge in [0.05, 0.1) is 18.3 Å². The van der Waals surface area contributed by atoms with Crippen molar-refractivity contribution in [3.8, 4) is 0 Å². The predicted octanol–water partition coefficient (Wildman–Crippen LogP) is 1.57. The van der Waals surface area contributed by atoms with E-state index < -0.39 is 0 Å². The number of aliphatic hydroxyl groups excluding tert-OH is 1. The highest BCUT2D eigenvalue weighted by Gasteiger charge is 2.33. The van der Waals surface area contributed by atoms with Gasteiger partial charge in [0, 0.05) is 6.42 Å². The first kappa shape index (κ1) is 9.01. The van der Waals surface area contributed by atoms with Crippen molar-refractivity contribution >= 4 is 0 Å². The van der Waals surface area contributed by atoms with Gasteiger partial charge in [-0.15, -0.1) is 0 Å². The van der Waals surface area contributed by atoms with Gasteiger partial charge < -0.3 is 9.84 Å². The van der Waals surface area contributed by atoms with Gasteiger partial charge in [0.2, 0.25) is 0 Å². The molecule has 0 aromatic heterocycles. The largest absolute Gasteiger partial charge is 0.390 e. The SMILES string of the molecule is CCC1OC(C(C)C)CC1O. The molecule has 0 radical (unpaired) electrons. The second-order valence-corrected chi connectivity index (χ2v) is 3.67. The minimum atomic E-state index is -0.229. The third-order valence-electron chi connectivity index (χ3n) is 2.40. The highest BCUT2D eigenvalue weighted by Crippen LogP contribution is 2.26. The Morgan fingerprint density at radius 2 is 2.18 bits per heavy atom. The molecule has 1 heterocycles. The molecule has 2 nitrogen and oxygen atoms in total. The van der Waals surface area contributed by atoms with Crippen LogP contribution in [0.1, 0.15) is 33.6 Å². The van der Waals surface area contributed by atoms with Crippen LogP contribution in [0.25, 0.3) is 0 Å². The van der Waals surface area contributed by atoms with E-state index in [1.54, 1.807) is 0 Å². The summed E-state index contributed by atoms with van der Waals surface area (Å²) in [6.07, 6.45) is 1.87. The van der Waals surface area contributed by atoms with E-state index in [4.69, 9.17) is 4.74 Å². The van der Waals surface area contributed by atoms with E-state index in [1.165, 1.54) is 0 Å². The van der Waals surface area contributed by atoms with E-state index in [9.17, 15) is 5.11 Å². The Balaban J connectivity index is 2.43. The van der Waals surface area contributed by atoms with Gasteiger partial charge in [0.1, 0.15) is 0 Å². The highest BCUT2D eigenvalue weighted by molar-refractivity contribution is 4.82. The quantitative estimate of drug-likeness (QED) is 0.661. The predicted molar refractivity (Wildman–Crippen MR) is 44.4 cm³/mol. The monoisotopic (exact) mass is 158 g/mol. The molecule has 0 aromatic carbocycles. The van der Waals surface area contributed by atoms with Crippen LogP contribution in [0.4, 0.5) is 0 Å². The lowest BCUT2D eigenvalue weighted by atomic mass is 10.0. The van der Waals surface area contributed by atoms with Gasteiger partial charge >= 0.3 is 0 Å². The Labute approximate surface area is 68.6 Å². The summed E-state index contributed by atoms with van der Waals surface area (Å²) in [5.41, 5.74) is 0. The summed E-state index contributed by atoms with van der Waals surface area (Å²) < 4.78 is 5.63. The highest BCUT2D eigenvalue weighted by atomic mass is 16.5. The lowest BCUT2D eigenvalue weighted by Crippen LogP contribution is -2.19. The molecule has 1 rings (SSSR count). The normalized spacial score (nSPS) is 38.5. The van der Waals surface area contributed by atoms with Crippen LogP contribution in [0.15, 0.2) is 0 Å². The van der Waals surface area contributed by atoms with Crippen molar-refractivity contribution in [3.05, 3.63) is 0 Å². The van der Waals surface area contributed by atoms with Crippen LogP contribution >= 0.6 is 0 Å². The summed E-state index contributed by atoms with van der Waals surface area (Å²) >= 11 is 0. The van der Waals surface area contributed by atoms with Crippen LogP contribution in [-0.2, 0) is 4.74 Å². The van der Waals surface area contributed by atoms with Crippen LogP contribution in [0.5, 0.6) is 0 Å². The van der Waals surface area contributed by atoms with Crippen molar-refractivity contribution in [1.29, 1.82) is 0 Å². The van der Waals surface area contributed by atoms with Crippen molar-refractivity contribution in [2.24, 2.45) is 5.92 Å². The Hall–Kier alpha value is -0.0800. The number of ether oxygens (including phenoxy) is 1.